The summed E-state index contributed by atoms with van der Waals surface area (Å²) < 4.78 is 36.5. The molecule has 0 bridgehead atoms. The Hall–Kier alpha value is -4.89. The van der Waals surface area contributed by atoms with E-state index in [0.717, 1.165) is 33.7 Å². The summed E-state index contributed by atoms with van der Waals surface area (Å²) in [7, 11) is -0.826. The molecule has 5 aromatic rings. The van der Waals surface area contributed by atoms with Crippen LogP contribution in [0, 0.1) is 5.82 Å². The number of fused-ring (bicyclic) bond motifs is 1. The molecule has 48 heavy (non-hydrogen) atoms. The Morgan fingerprint density at radius 1 is 1.06 bits per heavy atom. The zero-order valence-electron chi connectivity index (χ0n) is 25.6. The second-order valence-electron chi connectivity index (χ2n) is 10.3. The lowest BCUT2D eigenvalue weighted by Gasteiger charge is -2.12. The van der Waals surface area contributed by atoms with Gasteiger partial charge in [0.1, 0.15) is 41.8 Å². The molecule has 5 N–H and O–H groups in total. The highest BCUT2D eigenvalue weighted by atomic mass is 35.5. The third kappa shape index (κ3) is 10.8. The molecule has 2 heterocycles. The van der Waals surface area contributed by atoms with Crippen LogP contribution in [-0.2, 0) is 33.5 Å². The first-order valence-corrected chi connectivity index (χ1v) is 16.5. The van der Waals surface area contributed by atoms with E-state index in [4.69, 9.17) is 36.1 Å². The van der Waals surface area contributed by atoms with Crippen LogP contribution in [0.1, 0.15) is 17.7 Å². The predicted octanol–water partition coefficient (Wildman–Crippen LogP) is 5.38. The van der Waals surface area contributed by atoms with Crippen LogP contribution in [0.25, 0.3) is 22.2 Å². The maximum absolute atomic E-state index is 13.4. The highest BCUT2D eigenvalue weighted by molar-refractivity contribution is 7.84. The van der Waals surface area contributed by atoms with Crippen molar-refractivity contribution >= 4 is 56.7 Å². The average Bonchev–Trinajstić information content (AvgIpc) is 3.52. The van der Waals surface area contributed by atoms with E-state index in [-0.39, 0.29) is 12.4 Å². The van der Waals surface area contributed by atoms with Crippen LogP contribution in [0.3, 0.4) is 0 Å². The van der Waals surface area contributed by atoms with Gasteiger partial charge in [-0.25, -0.2) is 19.2 Å². The van der Waals surface area contributed by atoms with Crippen molar-refractivity contribution < 1.29 is 42.7 Å². The number of carboxylic acids is 2. The second-order valence-corrected chi connectivity index (χ2v) is 12.3. The van der Waals surface area contributed by atoms with Crippen LogP contribution in [0.15, 0.2) is 83.5 Å². The summed E-state index contributed by atoms with van der Waals surface area (Å²) in [4.78, 5) is 28.2. The van der Waals surface area contributed by atoms with Gasteiger partial charge in [0.2, 0.25) is 0 Å². The fourth-order valence-corrected chi connectivity index (χ4v) is 4.90. The maximum atomic E-state index is 13.4. The zero-order chi connectivity index (χ0) is 34.6. The summed E-state index contributed by atoms with van der Waals surface area (Å²) in [6, 6.07) is 21.3. The first-order chi connectivity index (χ1) is 23.0. The number of aliphatic hydroxyl groups excluding tert-OH is 1. The number of aromatic nitrogens is 2. The summed E-state index contributed by atoms with van der Waals surface area (Å²) in [6.07, 6.45) is 0.648. The van der Waals surface area contributed by atoms with Gasteiger partial charge in [0.25, 0.3) is 0 Å². The molecule has 0 radical (unpaired) electrons. The van der Waals surface area contributed by atoms with E-state index in [2.05, 4.69) is 20.6 Å². The van der Waals surface area contributed by atoms with Crippen LogP contribution in [0.5, 0.6) is 5.75 Å². The minimum Gasteiger partial charge on any atom is -0.487 e. The number of halogens is 2. The number of aliphatic hydroxyl groups is 1. The Balaban J connectivity index is 0.000000508. The number of carbonyl (C=O) groups is 2. The van der Waals surface area contributed by atoms with Gasteiger partial charge in [0, 0.05) is 46.0 Å². The molecule has 0 aliphatic heterocycles. The average molecular weight is 699 g/mol. The standard InChI is InChI=1S/C29H26ClFN4O3S.C4H6O5/c1-39(36)12-11-32-16-23-7-10-27(38-23)20-5-8-26-24(14-20)29(34-18-33-26)35-22-6-9-28(25(30)15-22)37-17-19-3-2-4-21(31)13-19;5-2(4(8)9)1-3(6)7/h2-10,13-15,18,32H,11-12,16-17H2,1H3,(H,33,34,35);2,5H,1H2,(H,6,7)(H,8,9). The summed E-state index contributed by atoms with van der Waals surface area (Å²) >= 11 is 6.48. The summed E-state index contributed by atoms with van der Waals surface area (Å²) in [6.45, 7) is 1.42. The highest BCUT2D eigenvalue weighted by Crippen LogP contribution is 2.33. The van der Waals surface area contributed by atoms with Gasteiger partial charge in [-0.05, 0) is 66.2 Å². The van der Waals surface area contributed by atoms with E-state index in [9.17, 15) is 18.2 Å². The number of ether oxygens (including phenoxy) is 1. The van der Waals surface area contributed by atoms with Gasteiger partial charge in [-0.3, -0.25) is 9.00 Å². The van der Waals surface area contributed by atoms with E-state index in [1.54, 1.807) is 30.5 Å². The number of aliphatic carboxylic acids is 2. The number of benzene rings is 3. The Morgan fingerprint density at radius 2 is 1.88 bits per heavy atom. The molecule has 0 fully saturated rings. The predicted molar refractivity (Wildman–Crippen MR) is 179 cm³/mol. The topological polar surface area (TPSA) is 184 Å². The monoisotopic (exact) mass is 698 g/mol. The molecule has 12 nitrogen and oxygen atoms in total. The summed E-state index contributed by atoms with van der Waals surface area (Å²) in [5.74, 6) is 0.0780. The number of nitrogens with zero attached hydrogens (tertiary/aromatic N) is 2. The van der Waals surface area contributed by atoms with E-state index in [1.165, 1.54) is 18.5 Å². The van der Waals surface area contributed by atoms with Crippen molar-refractivity contribution in [2.24, 2.45) is 0 Å². The van der Waals surface area contributed by atoms with Crippen LogP contribution in [0.4, 0.5) is 15.9 Å². The molecule has 0 amide bonds. The second kappa shape index (κ2) is 17.3. The smallest absolute Gasteiger partial charge is 0.333 e. The van der Waals surface area contributed by atoms with Crippen LogP contribution < -0.4 is 15.4 Å². The molecule has 252 valence electrons. The van der Waals surface area contributed by atoms with E-state index < -0.39 is 35.3 Å². The van der Waals surface area contributed by atoms with Gasteiger partial charge in [-0.2, -0.15) is 0 Å². The minimum absolute atomic E-state index is 0.202. The lowest BCUT2D eigenvalue weighted by molar-refractivity contribution is -0.152. The zero-order valence-corrected chi connectivity index (χ0v) is 27.1. The van der Waals surface area contributed by atoms with Crippen molar-refractivity contribution in [1.82, 2.24) is 15.3 Å². The fraction of sp³-hybridized carbons (Fsp3) is 0.212. The Kier molecular flexibility index (Phi) is 13.0. The van der Waals surface area contributed by atoms with Gasteiger partial charge >= 0.3 is 11.9 Å². The van der Waals surface area contributed by atoms with Gasteiger partial charge in [-0.1, -0.05) is 23.7 Å². The number of hydrogen-bond acceptors (Lipinski definition) is 10. The number of anilines is 2. The van der Waals surface area contributed by atoms with Gasteiger partial charge in [0.15, 0.2) is 6.10 Å². The maximum Gasteiger partial charge on any atom is 0.333 e. The number of hydrogen-bond donors (Lipinski definition) is 5. The van der Waals surface area contributed by atoms with Crippen LogP contribution in [-0.4, -0.2) is 66.1 Å². The molecular formula is C33H32ClFN4O8S. The van der Waals surface area contributed by atoms with Crippen molar-refractivity contribution in [2.75, 3.05) is 23.9 Å². The lowest BCUT2D eigenvalue weighted by atomic mass is 10.1. The molecule has 0 spiro atoms. The van der Waals surface area contributed by atoms with Crippen LogP contribution in [0.2, 0.25) is 5.02 Å². The molecule has 5 rings (SSSR count). The summed E-state index contributed by atoms with van der Waals surface area (Å²) in [5.41, 5.74) is 3.10. The van der Waals surface area contributed by atoms with Crippen molar-refractivity contribution in [3.63, 3.8) is 0 Å². The molecule has 2 aromatic heterocycles. The van der Waals surface area contributed by atoms with E-state index in [0.29, 0.717) is 41.0 Å². The molecule has 0 aliphatic carbocycles. The van der Waals surface area contributed by atoms with Gasteiger partial charge in [0.05, 0.1) is 23.5 Å². The largest absolute Gasteiger partial charge is 0.487 e. The molecule has 0 aliphatic rings. The third-order valence-corrected chi connectivity index (χ3v) is 7.65. The Bertz CT molecular complexity index is 1910. The van der Waals surface area contributed by atoms with Crippen molar-refractivity contribution in [1.29, 1.82) is 0 Å². The number of rotatable bonds is 14. The molecule has 2 unspecified atom stereocenters. The number of nitrogens with one attached hydrogen (secondary N) is 2. The quantitative estimate of drug-likeness (QED) is 0.0935. The molecule has 0 saturated carbocycles. The Morgan fingerprint density at radius 3 is 2.56 bits per heavy atom. The number of carboxylic acid groups (broad SMARTS) is 2. The molecular weight excluding hydrogens is 667 g/mol. The van der Waals surface area contributed by atoms with Gasteiger partial charge in [-0.15, -0.1) is 0 Å². The molecule has 0 saturated heterocycles. The van der Waals surface area contributed by atoms with Crippen LogP contribution >= 0.6 is 11.6 Å². The first-order valence-electron chi connectivity index (χ1n) is 14.4. The lowest BCUT2D eigenvalue weighted by Crippen LogP contribution is -2.22. The minimum atomic E-state index is -1.79. The van der Waals surface area contributed by atoms with Crippen molar-refractivity contribution in [3.05, 3.63) is 101 Å². The Labute approximate surface area is 282 Å². The third-order valence-electron chi connectivity index (χ3n) is 6.58. The van der Waals surface area contributed by atoms with E-state index in [1.807, 2.05) is 36.4 Å². The number of furan rings is 1. The van der Waals surface area contributed by atoms with Gasteiger partial charge < -0.3 is 35.1 Å². The van der Waals surface area contributed by atoms with Crippen molar-refractivity contribution in [3.8, 4) is 17.1 Å². The SMILES string of the molecule is CS(=O)CCNCc1ccc(-c2ccc3ncnc(Nc4ccc(OCc5cccc(F)c5)c(Cl)c4)c3c2)o1.O=C(O)CC(O)C(=O)O. The molecule has 15 heteroatoms. The van der Waals surface area contributed by atoms with E-state index >= 15 is 0 Å². The summed E-state index contributed by atoms with van der Waals surface area (Å²) in [5, 5.41) is 31.9. The first kappa shape index (κ1) is 36.0. The normalized spacial score (nSPS) is 12.1. The highest BCUT2D eigenvalue weighted by Gasteiger charge is 2.16. The molecule has 2 atom stereocenters. The molecule has 3 aromatic carbocycles. The van der Waals surface area contributed by atoms with Crippen molar-refractivity contribution in [2.45, 2.75) is 25.7 Å². The fourth-order valence-electron chi connectivity index (χ4n) is 4.24.